The van der Waals surface area contributed by atoms with E-state index in [1.807, 2.05) is 12.4 Å². The Bertz CT molecular complexity index is 505. The summed E-state index contributed by atoms with van der Waals surface area (Å²) in [4.78, 5) is 14.6. The average Bonchev–Trinajstić information content (AvgIpc) is 2.35. The van der Waals surface area contributed by atoms with Crippen molar-refractivity contribution in [1.82, 2.24) is 4.98 Å². The molecule has 0 atom stereocenters. The SMILES string of the molecule is CCc1cncc2cc(CCC=O)ccc12. The van der Waals surface area contributed by atoms with Crippen LogP contribution in [-0.2, 0) is 17.6 Å². The summed E-state index contributed by atoms with van der Waals surface area (Å²) in [6, 6.07) is 6.37. The van der Waals surface area contributed by atoms with E-state index in [2.05, 4.69) is 30.1 Å². The lowest BCUT2D eigenvalue weighted by atomic mass is 10.0. The number of hydrogen-bond acceptors (Lipinski definition) is 2. The van der Waals surface area contributed by atoms with Gasteiger partial charge in [-0.15, -0.1) is 0 Å². The molecule has 0 aliphatic rings. The van der Waals surface area contributed by atoms with Crippen molar-refractivity contribution >= 4 is 17.1 Å². The van der Waals surface area contributed by atoms with Gasteiger partial charge in [0.2, 0.25) is 0 Å². The van der Waals surface area contributed by atoms with Crippen molar-refractivity contribution in [3.05, 3.63) is 41.7 Å². The largest absolute Gasteiger partial charge is 0.303 e. The highest BCUT2D eigenvalue weighted by atomic mass is 16.1. The van der Waals surface area contributed by atoms with Crippen LogP contribution in [0, 0.1) is 0 Å². The third kappa shape index (κ3) is 2.11. The van der Waals surface area contributed by atoms with Gasteiger partial charge in [0.25, 0.3) is 0 Å². The lowest BCUT2D eigenvalue weighted by molar-refractivity contribution is -0.107. The highest BCUT2D eigenvalue weighted by Gasteiger charge is 2.01. The minimum absolute atomic E-state index is 0.590. The van der Waals surface area contributed by atoms with Crippen LogP contribution in [0.15, 0.2) is 30.6 Å². The number of hydrogen-bond donors (Lipinski definition) is 0. The summed E-state index contributed by atoms with van der Waals surface area (Å²) in [7, 11) is 0. The van der Waals surface area contributed by atoms with Gasteiger partial charge in [0.15, 0.2) is 0 Å². The molecule has 1 aromatic heterocycles. The number of nitrogens with zero attached hydrogens (tertiary/aromatic N) is 1. The molecule has 1 heterocycles. The van der Waals surface area contributed by atoms with Crippen molar-refractivity contribution in [2.45, 2.75) is 26.2 Å². The van der Waals surface area contributed by atoms with Crippen molar-refractivity contribution in [3.63, 3.8) is 0 Å². The van der Waals surface area contributed by atoms with E-state index in [1.54, 1.807) is 0 Å². The molecule has 0 saturated heterocycles. The lowest BCUT2D eigenvalue weighted by Crippen LogP contribution is -1.90. The molecular weight excluding hydrogens is 198 g/mol. The molecule has 0 saturated carbocycles. The second kappa shape index (κ2) is 4.88. The maximum absolute atomic E-state index is 10.3. The standard InChI is InChI=1S/C14H15NO/c1-2-12-9-15-10-13-8-11(4-3-7-16)5-6-14(12)13/h5-10H,2-4H2,1H3. The molecule has 0 amide bonds. The van der Waals surface area contributed by atoms with Crippen molar-refractivity contribution in [2.75, 3.05) is 0 Å². The van der Waals surface area contributed by atoms with Crippen molar-refractivity contribution in [2.24, 2.45) is 0 Å². The molecule has 0 spiro atoms. The highest BCUT2D eigenvalue weighted by molar-refractivity contribution is 5.85. The minimum Gasteiger partial charge on any atom is -0.303 e. The summed E-state index contributed by atoms with van der Waals surface area (Å²) in [5, 5.41) is 2.44. The molecule has 0 fully saturated rings. The summed E-state index contributed by atoms with van der Waals surface area (Å²) < 4.78 is 0. The van der Waals surface area contributed by atoms with Crippen LogP contribution in [0.4, 0.5) is 0 Å². The lowest BCUT2D eigenvalue weighted by Gasteiger charge is -2.05. The third-order valence-electron chi connectivity index (χ3n) is 2.84. The van der Waals surface area contributed by atoms with Gasteiger partial charge in [-0.2, -0.15) is 0 Å². The Morgan fingerprint density at radius 3 is 2.94 bits per heavy atom. The van der Waals surface area contributed by atoms with E-state index in [-0.39, 0.29) is 0 Å². The summed E-state index contributed by atoms with van der Waals surface area (Å²) in [6.07, 6.45) is 7.18. The number of benzene rings is 1. The van der Waals surface area contributed by atoms with Gasteiger partial charge >= 0.3 is 0 Å². The van der Waals surface area contributed by atoms with Gasteiger partial charge in [-0.25, -0.2) is 0 Å². The number of fused-ring (bicyclic) bond motifs is 1. The number of rotatable bonds is 4. The van der Waals surface area contributed by atoms with Gasteiger partial charge in [-0.05, 0) is 35.4 Å². The van der Waals surface area contributed by atoms with Crippen molar-refractivity contribution < 1.29 is 4.79 Å². The topological polar surface area (TPSA) is 30.0 Å². The molecule has 2 nitrogen and oxygen atoms in total. The monoisotopic (exact) mass is 213 g/mol. The molecule has 2 rings (SSSR count). The van der Waals surface area contributed by atoms with E-state index in [1.165, 1.54) is 21.9 Å². The zero-order valence-corrected chi connectivity index (χ0v) is 9.44. The van der Waals surface area contributed by atoms with Crippen LogP contribution in [-0.4, -0.2) is 11.3 Å². The number of carbonyl (C=O) groups excluding carboxylic acids is 1. The maximum atomic E-state index is 10.3. The number of carbonyl (C=O) groups is 1. The highest BCUT2D eigenvalue weighted by Crippen LogP contribution is 2.20. The quantitative estimate of drug-likeness (QED) is 0.731. The van der Waals surface area contributed by atoms with Crippen LogP contribution in [0.5, 0.6) is 0 Å². The molecular formula is C14H15NO. The van der Waals surface area contributed by atoms with E-state index in [0.29, 0.717) is 6.42 Å². The van der Waals surface area contributed by atoms with E-state index in [4.69, 9.17) is 0 Å². The van der Waals surface area contributed by atoms with Gasteiger partial charge in [0.05, 0.1) is 0 Å². The van der Waals surface area contributed by atoms with Gasteiger partial charge in [0, 0.05) is 24.2 Å². The first-order chi connectivity index (χ1) is 7.85. The normalized spacial score (nSPS) is 10.6. The summed E-state index contributed by atoms with van der Waals surface area (Å²) in [5.74, 6) is 0. The molecule has 0 unspecified atom stereocenters. The smallest absolute Gasteiger partial charge is 0.120 e. The fraction of sp³-hybridized carbons (Fsp3) is 0.286. The first-order valence-electron chi connectivity index (χ1n) is 5.64. The fourth-order valence-corrected chi connectivity index (χ4v) is 1.95. The number of aromatic nitrogens is 1. The predicted octanol–water partition coefficient (Wildman–Crippen LogP) is 2.93. The second-order valence-corrected chi connectivity index (χ2v) is 3.91. The summed E-state index contributed by atoms with van der Waals surface area (Å²) in [5.41, 5.74) is 2.48. The Balaban J connectivity index is 2.42. The molecule has 0 aliphatic carbocycles. The molecule has 2 aromatic rings. The second-order valence-electron chi connectivity index (χ2n) is 3.91. The van der Waals surface area contributed by atoms with Gasteiger partial charge in [-0.3, -0.25) is 4.98 Å². The molecule has 0 radical (unpaired) electrons. The van der Waals surface area contributed by atoms with Crippen LogP contribution in [0.25, 0.3) is 10.8 Å². The fourth-order valence-electron chi connectivity index (χ4n) is 1.95. The summed E-state index contributed by atoms with van der Waals surface area (Å²) >= 11 is 0. The Hall–Kier alpha value is -1.70. The molecule has 82 valence electrons. The van der Waals surface area contributed by atoms with Crippen LogP contribution < -0.4 is 0 Å². The first kappa shape index (κ1) is 10.8. The van der Waals surface area contributed by atoms with Crippen molar-refractivity contribution in [3.8, 4) is 0 Å². The van der Waals surface area contributed by atoms with Gasteiger partial charge in [0.1, 0.15) is 6.29 Å². The number of pyridine rings is 1. The zero-order valence-electron chi connectivity index (χ0n) is 9.44. The number of aldehydes is 1. The molecule has 16 heavy (non-hydrogen) atoms. The van der Waals surface area contributed by atoms with Gasteiger partial charge in [-0.1, -0.05) is 19.1 Å². The van der Waals surface area contributed by atoms with E-state index in [0.717, 1.165) is 19.1 Å². The van der Waals surface area contributed by atoms with E-state index in [9.17, 15) is 4.79 Å². The molecule has 0 bridgehead atoms. The minimum atomic E-state index is 0.590. The first-order valence-corrected chi connectivity index (χ1v) is 5.64. The Labute approximate surface area is 95.3 Å². The molecule has 2 heteroatoms. The van der Waals surface area contributed by atoms with Crippen LogP contribution in [0.3, 0.4) is 0 Å². The summed E-state index contributed by atoms with van der Waals surface area (Å²) in [6.45, 7) is 2.14. The van der Waals surface area contributed by atoms with Crippen LogP contribution in [0.1, 0.15) is 24.5 Å². The van der Waals surface area contributed by atoms with Crippen LogP contribution >= 0.6 is 0 Å². The van der Waals surface area contributed by atoms with E-state index >= 15 is 0 Å². The van der Waals surface area contributed by atoms with Crippen molar-refractivity contribution in [1.29, 1.82) is 0 Å². The third-order valence-corrected chi connectivity index (χ3v) is 2.84. The Morgan fingerprint density at radius 1 is 1.31 bits per heavy atom. The molecule has 0 aliphatic heterocycles. The zero-order chi connectivity index (χ0) is 11.4. The van der Waals surface area contributed by atoms with E-state index < -0.39 is 0 Å². The Morgan fingerprint density at radius 2 is 2.19 bits per heavy atom. The molecule has 0 N–H and O–H groups in total. The predicted molar refractivity (Wildman–Crippen MR) is 65.5 cm³/mol. The average molecular weight is 213 g/mol. The van der Waals surface area contributed by atoms with Gasteiger partial charge < -0.3 is 4.79 Å². The maximum Gasteiger partial charge on any atom is 0.120 e. The Kier molecular flexibility index (Phi) is 3.30. The molecule has 1 aromatic carbocycles. The van der Waals surface area contributed by atoms with Crippen LogP contribution in [0.2, 0.25) is 0 Å². The number of aryl methyl sites for hydroxylation is 2.